The molecule has 1 heterocycles. The van der Waals surface area contributed by atoms with Gasteiger partial charge >= 0.3 is 5.97 Å². The molecule has 4 nitrogen and oxygen atoms in total. The molecule has 0 aliphatic rings. The first-order valence-corrected chi connectivity index (χ1v) is 4.72. The first-order valence-electron chi connectivity index (χ1n) is 4.72. The monoisotopic (exact) mass is 248 g/mol. The van der Waals surface area contributed by atoms with Gasteiger partial charge in [-0.1, -0.05) is 0 Å². The van der Waals surface area contributed by atoms with Crippen molar-refractivity contribution < 1.29 is 22.7 Å². The van der Waals surface area contributed by atoms with E-state index >= 15 is 0 Å². The van der Waals surface area contributed by atoms with E-state index in [9.17, 15) is 18.0 Å². The molecule has 0 aliphatic carbocycles. The molecule has 0 atom stereocenters. The van der Waals surface area contributed by atoms with Gasteiger partial charge in [0.15, 0.2) is 5.82 Å². The first kappa shape index (κ1) is 13.4. The summed E-state index contributed by atoms with van der Waals surface area (Å²) >= 11 is 0. The van der Waals surface area contributed by atoms with Crippen LogP contribution in [0.1, 0.15) is 23.4 Å². The summed E-state index contributed by atoms with van der Waals surface area (Å²) in [6, 6.07) is 1.18. The van der Waals surface area contributed by atoms with Gasteiger partial charge in [-0.3, -0.25) is 4.79 Å². The molecule has 17 heavy (non-hydrogen) atoms. The Bertz CT molecular complexity index is 424. The number of hydrogen-bond acceptors (Lipinski definition) is 4. The minimum Gasteiger partial charge on any atom is -0.469 e. The second-order valence-corrected chi connectivity index (χ2v) is 3.23. The van der Waals surface area contributed by atoms with Crippen LogP contribution in [-0.4, -0.2) is 18.1 Å². The van der Waals surface area contributed by atoms with Gasteiger partial charge in [-0.15, -0.1) is 0 Å². The summed E-state index contributed by atoms with van der Waals surface area (Å²) in [6.45, 7) is -0.117. The van der Waals surface area contributed by atoms with Crippen LogP contribution in [0.3, 0.4) is 0 Å². The van der Waals surface area contributed by atoms with E-state index in [2.05, 4.69) is 9.72 Å². The maximum absolute atomic E-state index is 13.5. The van der Waals surface area contributed by atoms with Gasteiger partial charge in [0.2, 0.25) is 0 Å². The lowest BCUT2D eigenvalue weighted by atomic mass is 10.1. The minimum atomic E-state index is -3.06. The van der Waals surface area contributed by atoms with Crippen LogP contribution in [0, 0.1) is 5.82 Å². The van der Waals surface area contributed by atoms with E-state index in [0.29, 0.717) is 0 Å². The van der Waals surface area contributed by atoms with E-state index in [1.165, 1.54) is 6.07 Å². The van der Waals surface area contributed by atoms with Gasteiger partial charge in [0.05, 0.1) is 19.2 Å². The largest absolute Gasteiger partial charge is 0.469 e. The third-order valence-corrected chi connectivity index (χ3v) is 2.09. The van der Waals surface area contributed by atoms with Crippen LogP contribution >= 0.6 is 0 Å². The molecule has 0 aromatic carbocycles. The molecule has 0 unspecified atom stereocenters. The Balaban J connectivity index is 3.19. The Morgan fingerprint density at radius 3 is 2.71 bits per heavy atom. The highest BCUT2D eigenvalue weighted by molar-refractivity contribution is 5.72. The Kier molecular flexibility index (Phi) is 4.45. The van der Waals surface area contributed by atoms with Gasteiger partial charge in [0.25, 0.3) is 6.43 Å². The van der Waals surface area contributed by atoms with Crippen molar-refractivity contribution in [2.45, 2.75) is 19.4 Å². The zero-order valence-electron chi connectivity index (χ0n) is 9.04. The number of carbonyl (C=O) groups excluding carboxylic acids is 1. The van der Waals surface area contributed by atoms with Gasteiger partial charge in [-0.05, 0) is 6.07 Å². The number of nitrogens with two attached hydrogens (primary N) is 1. The molecule has 1 aromatic heterocycles. The van der Waals surface area contributed by atoms with E-state index in [4.69, 9.17) is 5.73 Å². The van der Waals surface area contributed by atoms with Gasteiger partial charge in [0.1, 0.15) is 5.69 Å². The third kappa shape index (κ3) is 3.16. The molecule has 0 bridgehead atoms. The molecule has 7 heteroatoms. The normalized spacial score (nSPS) is 10.7. The Hall–Kier alpha value is -1.63. The zero-order chi connectivity index (χ0) is 13.0. The molecule has 1 aromatic rings. The number of methoxy groups -OCH3 is 1. The third-order valence-electron chi connectivity index (χ3n) is 2.09. The van der Waals surface area contributed by atoms with Crippen molar-refractivity contribution in [2.75, 3.05) is 7.11 Å². The van der Waals surface area contributed by atoms with Crippen molar-refractivity contribution in [3.05, 3.63) is 28.8 Å². The average Bonchev–Trinajstić information content (AvgIpc) is 2.31. The standard InChI is InChI=1S/C10H11F3N2O2/c1-17-7(16)3-5-2-6(4-14)15-9(8(5)11)10(12)13/h2,10H,3-4,14H2,1H3. The fraction of sp³-hybridized carbons (Fsp3) is 0.400. The summed E-state index contributed by atoms with van der Waals surface area (Å²) in [5.41, 5.74) is 4.17. The molecule has 0 spiro atoms. The van der Waals surface area contributed by atoms with E-state index in [1.54, 1.807) is 0 Å². The fourth-order valence-electron chi connectivity index (χ4n) is 1.27. The number of aromatic nitrogens is 1. The number of ether oxygens (including phenoxy) is 1. The second-order valence-electron chi connectivity index (χ2n) is 3.23. The first-order chi connectivity index (χ1) is 7.99. The summed E-state index contributed by atoms with van der Waals surface area (Å²) < 4.78 is 42.9. The molecule has 0 aliphatic heterocycles. The number of carbonyl (C=O) groups is 1. The quantitative estimate of drug-likeness (QED) is 0.816. The van der Waals surface area contributed by atoms with Crippen LogP contribution in [0.5, 0.6) is 0 Å². The molecule has 0 saturated heterocycles. The molecule has 0 amide bonds. The molecule has 2 N–H and O–H groups in total. The molecular weight excluding hydrogens is 237 g/mol. The van der Waals surface area contributed by atoms with E-state index in [1.807, 2.05) is 0 Å². The highest BCUT2D eigenvalue weighted by Crippen LogP contribution is 2.23. The predicted octanol–water partition coefficient (Wildman–Crippen LogP) is 1.33. The maximum atomic E-state index is 13.5. The molecule has 0 fully saturated rings. The summed E-state index contributed by atoms with van der Waals surface area (Å²) in [6.07, 6.45) is -3.49. The zero-order valence-corrected chi connectivity index (χ0v) is 9.04. The van der Waals surface area contributed by atoms with E-state index in [0.717, 1.165) is 7.11 Å². The number of nitrogens with zero attached hydrogens (tertiary/aromatic N) is 1. The van der Waals surface area contributed by atoms with Crippen LogP contribution in [0.15, 0.2) is 6.07 Å². The average molecular weight is 248 g/mol. The number of esters is 1. The van der Waals surface area contributed by atoms with Crippen molar-refractivity contribution in [3.63, 3.8) is 0 Å². The topological polar surface area (TPSA) is 65.2 Å². The predicted molar refractivity (Wildman–Crippen MR) is 52.8 cm³/mol. The smallest absolute Gasteiger partial charge is 0.310 e. The van der Waals surface area contributed by atoms with E-state index < -0.39 is 30.3 Å². The van der Waals surface area contributed by atoms with Crippen molar-refractivity contribution in [3.8, 4) is 0 Å². The van der Waals surface area contributed by atoms with Crippen molar-refractivity contribution in [1.82, 2.24) is 4.98 Å². The van der Waals surface area contributed by atoms with Gasteiger partial charge < -0.3 is 10.5 Å². The lowest BCUT2D eigenvalue weighted by Crippen LogP contribution is -2.12. The second kappa shape index (κ2) is 5.62. The number of pyridine rings is 1. The summed E-state index contributed by atoms with van der Waals surface area (Å²) in [5.74, 6) is -1.92. The van der Waals surface area contributed by atoms with Crippen LogP contribution in [-0.2, 0) is 22.5 Å². The number of halogens is 3. The number of hydrogen-bond donors (Lipinski definition) is 1. The number of alkyl halides is 2. The van der Waals surface area contributed by atoms with Gasteiger partial charge in [0, 0.05) is 12.1 Å². The Labute approximate surface area is 95.6 Å². The lowest BCUT2D eigenvalue weighted by molar-refractivity contribution is -0.139. The van der Waals surface area contributed by atoms with Crippen molar-refractivity contribution in [2.24, 2.45) is 5.73 Å². The van der Waals surface area contributed by atoms with Crippen molar-refractivity contribution in [1.29, 1.82) is 0 Å². The molecule has 1 rings (SSSR count). The summed E-state index contributed by atoms with van der Waals surface area (Å²) in [4.78, 5) is 14.4. The maximum Gasteiger partial charge on any atom is 0.310 e. The Morgan fingerprint density at radius 1 is 1.59 bits per heavy atom. The van der Waals surface area contributed by atoms with E-state index in [-0.39, 0.29) is 17.8 Å². The van der Waals surface area contributed by atoms with Gasteiger partial charge in [-0.2, -0.15) is 0 Å². The SMILES string of the molecule is COC(=O)Cc1cc(CN)nc(C(F)F)c1F. The van der Waals surface area contributed by atoms with Crippen LogP contribution in [0.25, 0.3) is 0 Å². The van der Waals surface area contributed by atoms with Gasteiger partial charge in [-0.25, -0.2) is 18.2 Å². The van der Waals surface area contributed by atoms with Crippen LogP contribution in [0.2, 0.25) is 0 Å². The summed E-state index contributed by atoms with van der Waals surface area (Å²) in [5, 5.41) is 0. The summed E-state index contributed by atoms with van der Waals surface area (Å²) in [7, 11) is 1.12. The number of rotatable bonds is 4. The highest BCUT2D eigenvalue weighted by atomic mass is 19.3. The van der Waals surface area contributed by atoms with Crippen molar-refractivity contribution >= 4 is 5.97 Å². The molecule has 94 valence electrons. The fourth-order valence-corrected chi connectivity index (χ4v) is 1.27. The highest BCUT2D eigenvalue weighted by Gasteiger charge is 2.21. The minimum absolute atomic E-state index is 0.0978. The Morgan fingerprint density at radius 2 is 2.24 bits per heavy atom. The lowest BCUT2D eigenvalue weighted by Gasteiger charge is -2.09. The molecular formula is C10H11F3N2O2. The van der Waals surface area contributed by atoms with Crippen LogP contribution in [0.4, 0.5) is 13.2 Å². The molecule has 0 radical (unpaired) electrons. The van der Waals surface area contributed by atoms with Crippen LogP contribution < -0.4 is 5.73 Å². The molecule has 0 saturated carbocycles.